The van der Waals surface area contributed by atoms with E-state index in [9.17, 15) is 24.6 Å². The minimum atomic E-state index is -1.10. The van der Waals surface area contributed by atoms with Gasteiger partial charge < -0.3 is 30.1 Å². The number of fused-ring (bicyclic) bond motifs is 3. The number of pyridine rings is 1. The van der Waals surface area contributed by atoms with Gasteiger partial charge in [0.1, 0.15) is 17.8 Å². The zero-order valence-electron chi connectivity index (χ0n) is 41.7. The van der Waals surface area contributed by atoms with Gasteiger partial charge in [0.2, 0.25) is 5.91 Å². The van der Waals surface area contributed by atoms with Crippen LogP contribution in [-0.4, -0.2) is 104 Å². The van der Waals surface area contributed by atoms with E-state index < -0.39 is 12.2 Å². The fourth-order valence-corrected chi connectivity index (χ4v) is 12.8. The van der Waals surface area contributed by atoms with E-state index in [0.717, 1.165) is 113 Å². The van der Waals surface area contributed by atoms with Crippen molar-refractivity contribution in [2.75, 3.05) is 47.8 Å². The zero-order chi connectivity index (χ0) is 50.3. The first-order valence-electron chi connectivity index (χ1n) is 25.9. The fraction of sp³-hybridized carbons (Fsp3) is 0.404. The Morgan fingerprint density at radius 2 is 1.70 bits per heavy atom. The molecule has 4 aromatic carbocycles. The van der Waals surface area contributed by atoms with Crippen LogP contribution < -0.4 is 25.2 Å². The number of ether oxygens (including phenoxy) is 1. The first-order valence-corrected chi connectivity index (χ1v) is 26.7. The zero-order valence-corrected chi connectivity index (χ0v) is 42.5. The molecule has 15 nitrogen and oxygen atoms in total. The van der Waals surface area contributed by atoms with Gasteiger partial charge in [-0.2, -0.15) is 5.10 Å². The number of carbonyl (C=O) groups is 3. The van der Waals surface area contributed by atoms with Gasteiger partial charge in [0.25, 0.3) is 5.91 Å². The minimum Gasteiger partial charge on any atom is -0.490 e. The van der Waals surface area contributed by atoms with Crippen LogP contribution in [0.15, 0.2) is 91.0 Å². The first-order chi connectivity index (χ1) is 35.4. The van der Waals surface area contributed by atoms with E-state index in [2.05, 4.69) is 61.5 Å². The van der Waals surface area contributed by atoms with E-state index >= 15 is 0 Å². The van der Waals surface area contributed by atoms with Crippen LogP contribution in [0, 0.1) is 12.8 Å². The second-order valence-corrected chi connectivity index (χ2v) is 21.5. The molecule has 73 heavy (non-hydrogen) atoms. The second-order valence-electron chi connectivity index (χ2n) is 20.4. The van der Waals surface area contributed by atoms with E-state index in [-0.39, 0.29) is 29.5 Å². The molecule has 2 amide bonds. The maximum atomic E-state index is 13.7. The van der Waals surface area contributed by atoms with Crippen molar-refractivity contribution in [1.29, 1.82) is 0 Å². The Morgan fingerprint density at radius 1 is 0.877 bits per heavy atom. The molecule has 1 saturated carbocycles. The summed E-state index contributed by atoms with van der Waals surface area (Å²) in [5.74, 6) is 0.314. The Hall–Kier alpha value is -6.88. The Labute approximate surface area is 429 Å². The molecule has 4 N–H and O–H groups in total. The molecule has 2 unspecified atom stereocenters. The molecule has 0 radical (unpaired) electrons. The second kappa shape index (κ2) is 20.6. The number of carboxylic acids is 1. The Morgan fingerprint density at radius 3 is 2.51 bits per heavy atom. The van der Waals surface area contributed by atoms with Crippen LogP contribution in [0.1, 0.15) is 107 Å². The van der Waals surface area contributed by atoms with Gasteiger partial charge >= 0.3 is 5.97 Å². The number of nitrogens with zero attached hydrogens (tertiary/aromatic N) is 7. The van der Waals surface area contributed by atoms with Crippen molar-refractivity contribution in [2.45, 2.75) is 102 Å². The van der Waals surface area contributed by atoms with Crippen molar-refractivity contribution in [1.82, 2.24) is 30.0 Å². The number of carboxylic acid groups (broad SMARTS) is 1. The van der Waals surface area contributed by atoms with Crippen LogP contribution in [0.5, 0.6) is 5.75 Å². The summed E-state index contributed by atoms with van der Waals surface area (Å²) in [4.78, 5) is 55.0. The highest BCUT2D eigenvalue weighted by molar-refractivity contribution is 7.22. The highest BCUT2D eigenvalue weighted by Gasteiger charge is 2.34. The number of rotatable bonds is 13. The SMILES string of the molecule is Cc1c(OC2CCC(CCCN3CCN(c4cccc5c(C6CCC(=O)NC6O)nn(C)c45)C[C@H]3C)CC2)cccc1-c1ccc(N2CCc3cccc(C(=O)Nc4nc5ccccc5s4)c3C2)nc1C(=O)O. The van der Waals surface area contributed by atoms with Gasteiger partial charge in [-0.05, 0) is 142 Å². The van der Waals surface area contributed by atoms with Crippen LogP contribution in [0.25, 0.3) is 32.2 Å². The molecule has 16 heteroatoms. The Balaban J connectivity index is 0.678. The molecule has 4 aliphatic rings. The summed E-state index contributed by atoms with van der Waals surface area (Å²) in [5.41, 5.74) is 8.68. The molecule has 7 aromatic rings. The molecular weight excluding hydrogens is 939 g/mol. The van der Waals surface area contributed by atoms with Gasteiger partial charge in [-0.15, -0.1) is 0 Å². The number of aromatic carboxylic acids is 1. The van der Waals surface area contributed by atoms with E-state index in [1.54, 1.807) is 0 Å². The quantitative estimate of drug-likeness (QED) is 0.0862. The lowest BCUT2D eigenvalue weighted by Crippen LogP contribution is -2.52. The molecule has 3 aliphatic heterocycles. The number of amides is 2. The van der Waals surface area contributed by atoms with E-state index in [1.807, 2.05) is 85.4 Å². The monoisotopic (exact) mass is 1000 g/mol. The third kappa shape index (κ3) is 9.87. The van der Waals surface area contributed by atoms with Crippen molar-refractivity contribution in [3.63, 3.8) is 0 Å². The van der Waals surface area contributed by atoms with Gasteiger partial charge in [-0.3, -0.25) is 24.5 Å². The predicted molar refractivity (Wildman–Crippen MR) is 286 cm³/mol. The number of aliphatic hydroxyl groups is 1. The number of aromatic nitrogens is 4. The van der Waals surface area contributed by atoms with Crippen LogP contribution in [0.3, 0.4) is 0 Å². The Kier molecular flexibility index (Phi) is 13.6. The van der Waals surface area contributed by atoms with Gasteiger partial charge in [0, 0.05) is 74.7 Å². The maximum Gasteiger partial charge on any atom is 0.355 e. The largest absolute Gasteiger partial charge is 0.490 e. The molecule has 1 aliphatic carbocycles. The van der Waals surface area contributed by atoms with Crippen molar-refractivity contribution in [2.24, 2.45) is 13.0 Å². The number of para-hydroxylation sites is 2. The lowest BCUT2D eigenvalue weighted by molar-refractivity contribution is -0.127. The third-order valence-corrected chi connectivity index (χ3v) is 16.8. The molecule has 6 heterocycles. The number of carbonyl (C=O) groups excluding carboxylic acids is 2. The summed E-state index contributed by atoms with van der Waals surface area (Å²) in [6, 6.07) is 30.0. The molecule has 2 saturated heterocycles. The van der Waals surface area contributed by atoms with Crippen molar-refractivity contribution >= 4 is 66.9 Å². The minimum absolute atomic E-state index is 0.0193. The van der Waals surface area contributed by atoms with Crippen LogP contribution >= 0.6 is 11.3 Å². The predicted octanol–water partition coefficient (Wildman–Crippen LogP) is 9.31. The van der Waals surface area contributed by atoms with Crippen molar-refractivity contribution in [3.8, 4) is 16.9 Å². The molecule has 3 aromatic heterocycles. The van der Waals surface area contributed by atoms with Gasteiger partial charge in [-0.1, -0.05) is 59.9 Å². The summed E-state index contributed by atoms with van der Waals surface area (Å²) in [7, 11) is 1.97. The van der Waals surface area contributed by atoms with Gasteiger partial charge in [0.05, 0.1) is 33.2 Å². The number of hydrogen-bond donors (Lipinski definition) is 4. The van der Waals surface area contributed by atoms with Gasteiger partial charge in [-0.25, -0.2) is 14.8 Å². The van der Waals surface area contributed by atoms with Crippen molar-refractivity contribution < 1.29 is 29.3 Å². The average molecular weight is 1000 g/mol. The molecule has 0 spiro atoms. The lowest BCUT2D eigenvalue weighted by atomic mass is 9.84. The maximum absolute atomic E-state index is 13.7. The van der Waals surface area contributed by atoms with Crippen LogP contribution in [0.4, 0.5) is 16.6 Å². The number of piperazine rings is 1. The standard InChI is InChI=1S/C57H63N9O6S/c1-34-32-65(46-16-7-14-42-51(62-63(3)53(42)46)43-24-26-50(67)60-55(43)69)31-30-64(34)28-9-10-36-19-21-38(22-20-36)72-47-17-8-12-39(35(47)2)40-23-25-49(59-52(40)56(70)71)66-29-27-37-11-6-13-41(44(37)33-66)54(68)61-57-58-45-15-4-5-18-48(45)73-57/h4-8,11-18,23,25,34,36,38,43,55,69H,9-10,19-22,24,26-33H2,1-3H3,(H,60,67)(H,70,71)(H,58,61,68)/t34-,36?,38?,43?,55?/m1/s1. The smallest absolute Gasteiger partial charge is 0.355 e. The van der Waals surface area contributed by atoms with Gasteiger partial charge in [0.15, 0.2) is 10.8 Å². The molecule has 0 bridgehead atoms. The third-order valence-electron chi connectivity index (χ3n) is 15.9. The number of benzene rings is 4. The first kappa shape index (κ1) is 48.4. The number of anilines is 3. The number of aryl methyl sites for hydroxylation is 1. The summed E-state index contributed by atoms with van der Waals surface area (Å²) in [6.07, 6.45) is 7.40. The van der Waals surface area contributed by atoms with E-state index in [0.29, 0.717) is 66.4 Å². The highest BCUT2D eigenvalue weighted by atomic mass is 32.1. The average Bonchev–Trinajstić information content (AvgIpc) is 3.97. The van der Waals surface area contributed by atoms with E-state index in [4.69, 9.17) is 14.8 Å². The number of thiazole rings is 1. The molecule has 3 atom stereocenters. The summed E-state index contributed by atoms with van der Waals surface area (Å²) in [5, 5.41) is 33.4. The van der Waals surface area contributed by atoms with Crippen LogP contribution in [-0.2, 0) is 24.8 Å². The Bertz CT molecular complexity index is 3190. The van der Waals surface area contributed by atoms with Crippen LogP contribution in [0.2, 0.25) is 0 Å². The molecule has 3 fully saturated rings. The summed E-state index contributed by atoms with van der Waals surface area (Å²) >= 11 is 1.44. The molecule has 378 valence electrons. The number of nitrogens with one attached hydrogen (secondary N) is 2. The molecule has 11 rings (SSSR count). The number of hydrogen-bond acceptors (Lipinski definition) is 12. The lowest BCUT2D eigenvalue weighted by Gasteiger charge is -2.41. The fourth-order valence-electron chi connectivity index (χ4n) is 11.9. The number of piperidine rings is 1. The normalized spacial score (nSPS) is 21.5. The number of aliphatic hydroxyl groups excluding tert-OH is 1. The molecular formula is C57H63N9O6S. The summed E-state index contributed by atoms with van der Waals surface area (Å²) in [6.45, 7) is 9.31. The van der Waals surface area contributed by atoms with Crippen molar-refractivity contribution in [3.05, 3.63) is 125 Å². The summed E-state index contributed by atoms with van der Waals surface area (Å²) < 4.78 is 9.65. The topological polar surface area (TPSA) is 178 Å². The highest BCUT2D eigenvalue weighted by Crippen LogP contribution is 2.39. The van der Waals surface area contributed by atoms with E-state index in [1.165, 1.54) is 23.4 Å².